The fourth-order valence-corrected chi connectivity index (χ4v) is 4.18. The van der Waals surface area contributed by atoms with Crippen LogP contribution in [0.1, 0.15) is 46.6 Å². The number of hydrogen-bond donors (Lipinski definition) is 2. The van der Waals surface area contributed by atoms with Gasteiger partial charge in [0.05, 0.1) is 17.1 Å². The van der Waals surface area contributed by atoms with Gasteiger partial charge in [-0.15, -0.1) is 12.4 Å². The van der Waals surface area contributed by atoms with Crippen LogP contribution in [0, 0.1) is 5.41 Å². The molecule has 0 radical (unpaired) electrons. The van der Waals surface area contributed by atoms with E-state index >= 15 is 0 Å². The van der Waals surface area contributed by atoms with Crippen LogP contribution in [0.2, 0.25) is 0 Å². The van der Waals surface area contributed by atoms with Crippen LogP contribution < -0.4 is 11.1 Å². The molecule has 0 bridgehead atoms. The fourth-order valence-electron chi connectivity index (χ4n) is 3.20. The molecule has 1 aliphatic carbocycles. The summed E-state index contributed by atoms with van der Waals surface area (Å²) in [5.41, 5.74) is 6.07. The van der Waals surface area contributed by atoms with Crippen molar-refractivity contribution in [3.63, 3.8) is 0 Å². The Bertz CT molecular complexity index is 780. The van der Waals surface area contributed by atoms with Crippen molar-refractivity contribution in [1.82, 2.24) is 0 Å². The normalized spacial score (nSPS) is 24.0. The van der Waals surface area contributed by atoms with Crippen LogP contribution >= 0.6 is 12.4 Å². The molecule has 3 N–H and O–H groups in total. The minimum Gasteiger partial charge on any atom is -0.378 e. The van der Waals surface area contributed by atoms with E-state index in [1.807, 2.05) is 20.8 Å². The Hall–Kier alpha value is -1.15. The van der Waals surface area contributed by atoms with Gasteiger partial charge < -0.3 is 15.8 Å². The summed E-state index contributed by atoms with van der Waals surface area (Å²) in [7, 11) is -3.20. The number of nitrogens with one attached hydrogen (secondary N) is 1. The predicted molar refractivity (Wildman–Crippen MR) is 111 cm³/mol. The average molecular weight is 419 g/mol. The van der Waals surface area contributed by atoms with Gasteiger partial charge in [-0.3, -0.25) is 4.79 Å². The highest BCUT2D eigenvalue weighted by Crippen LogP contribution is 2.50. The van der Waals surface area contributed by atoms with Gasteiger partial charge in [0.1, 0.15) is 5.54 Å². The lowest BCUT2D eigenvalue weighted by Crippen LogP contribution is -2.74. The highest BCUT2D eigenvalue weighted by Gasteiger charge is 2.62. The second-order valence-electron chi connectivity index (χ2n) is 7.85. The number of anilines is 1. The van der Waals surface area contributed by atoms with Crippen molar-refractivity contribution in [2.45, 2.75) is 63.7 Å². The lowest BCUT2D eigenvalue weighted by atomic mass is 9.54. The summed E-state index contributed by atoms with van der Waals surface area (Å²) in [6.45, 7) is 9.69. The number of halogens is 1. The predicted octanol–water partition coefficient (Wildman–Crippen LogP) is 2.90. The molecule has 1 fully saturated rings. The van der Waals surface area contributed by atoms with E-state index in [1.54, 1.807) is 38.1 Å². The highest BCUT2D eigenvalue weighted by atomic mass is 35.5. The van der Waals surface area contributed by atoms with Crippen molar-refractivity contribution < 1.29 is 17.9 Å². The Morgan fingerprint density at radius 3 is 2.52 bits per heavy atom. The van der Waals surface area contributed by atoms with E-state index in [1.165, 1.54) is 0 Å². The second kappa shape index (κ2) is 8.47. The summed E-state index contributed by atoms with van der Waals surface area (Å²) < 4.78 is 29.9. The van der Waals surface area contributed by atoms with Gasteiger partial charge in [0.2, 0.25) is 5.91 Å². The first-order chi connectivity index (χ1) is 11.9. The molecule has 0 aromatic heterocycles. The van der Waals surface area contributed by atoms with Crippen molar-refractivity contribution in [3.05, 3.63) is 29.8 Å². The summed E-state index contributed by atoms with van der Waals surface area (Å²) in [5.74, 6) is -0.331. The van der Waals surface area contributed by atoms with Crippen molar-refractivity contribution in [2.24, 2.45) is 11.1 Å². The number of carbonyl (C=O) groups excluding carboxylic acids is 1. The largest absolute Gasteiger partial charge is 0.378 e. The minimum absolute atomic E-state index is 0. The Kier molecular flexibility index (Phi) is 7.49. The van der Waals surface area contributed by atoms with Crippen LogP contribution in [-0.4, -0.2) is 37.8 Å². The van der Waals surface area contributed by atoms with E-state index in [4.69, 9.17) is 10.5 Å². The standard InChI is InChI=1S/C19H30N2O4S.ClH/c1-6-25-16-11-19(20,18(16,4)5)17(22)21-15-9-7-8-14(10-15)12-26(23,24)13(2)3;/h7-10,13,16H,6,11-12,20H2,1-5H3,(H,21,22);1H. The van der Waals surface area contributed by atoms with Crippen LogP contribution in [0.4, 0.5) is 5.69 Å². The summed E-state index contributed by atoms with van der Waals surface area (Å²) in [6, 6.07) is 6.90. The highest BCUT2D eigenvalue weighted by molar-refractivity contribution is 7.91. The van der Waals surface area contributed by atoms with Gasteiger partial charge in [-0.05, 0) is 38.5 Å². The first-order valence-corrected chi connectivity index (χ1v) is 10.7. The molecule has 1 aliphatic rings. The lowest BCUT2D eigenvalue weighted by molar-refractivity contribution is -0.166. The molecule has 2 rings (SSSR count). The summed E-state index contributed by atoms with van der Waals surface area (Å²) >= 11 is 0. The van der Waals surface area contributed by atoms with Crippen LogP contribution in [0.25, 0.3) is 0 Å². The zero-order chi connectivity index (χ0) is 19.8. The molecule has 6 nitrogen and oxygen atoms in total. The zero-order valence-electron chi connectivity index (χ0n) is 16.6. The Morgan fingerprint density at radius 2 is 2.00 bits per heavy atom. The van der Waals surface area contributed by atoms with E-state index in [0.717, 1.165) is 0 Å². The average Bonchev–Trinajstić information content (AvgIpc) is 2.54. The number of benzene rings is 1. The van der Waals surface area contributed by atoms with Gasteiger partial charge in [0.15, 0.2) is 9.84 Å². The molecule has 1 aromatic rings. The van der Waals surface area contributed by atoms with Crippen molar-refractivity contribution >= 4 is 33.8 Å². The molecule has 2 unspecified atom stereocenters. The van der Waals surface area contributed by atoms with Gasteiger partial charge in [-0.1, -0.05) is 26.0 Å². The maximum Gasteiger partial charge on any atom is 0.245 e. The number of hydrogen-bond acceptors (Lipinski definition) is 5. The Labute approximate surface area is 168 Å². The van der Waals surface area contributed by atoms with Crippen LogP contribution in [0.3, 0.4) is 0 Å². The first-order valence-electron chi connectivity index (χ1n) is 8.96. The molecular weight excluding hydrogens is 388 g/mol. The topological polar surface area (TPSA) is 98.5 Å². The van der Waals surface area contributed by atoms with Crippen LogP contribution in [0.15, 0.2) is 24.3 Å². The van der Waals surface area contributed by atoms with Gasteiger partial charge in [-0.2, -0.15) is 0 Å². The molecular formula is C19H31ClN2O4S. The maximum absolute atomic E-state index is 12.8. The SMILES string of the molecule is CCOC1CC(N)(C(=O)Nc2cccc(CS(=O)(=O)C(C)C)c2)C1(C)C.Cl. The quantitative estimate of drug-likeness (QED) is 0.709. The Balaban J connectivity index is 0.00000364. The molecule has 154 valence electrons. The van der Waals surface area contributed by atoms with Crippen LogP contribution in [0.5, 0.6) is 0 Å². The number of amides is 1. The maximum atomic E-state index is 12.8. The molecule has 27 heavy (non-hydrogen) atoms. The minimum atomic E-state index is -3.20. The van der Waals surface area contributed by atoms with E-state index in [-0.39, 0.29) is 30.2 Å². The molecule has 2 atom stereocenters. The van der Waals surface area contributed by atoms with E-state index in [9.17, 15) is 13.2 Å². The number of carbonyl (C=O) groups is 1. The number of ether oxygens (including phenoxy) is 1. The first kappa shape index (κ1) is 23.9. The van der Waals surface area contributed by atoms with Gasteiger partial charge in [-0.25, -0.2) is 8.42 Å². The van der Waals surface area contributed by atoms with Crippen LogP contribution in [-0.2, 0) is 25.1 Å². The third kappa shape index (κ3) is 4.65. The summed E-state index contributed by atoms with van der Waals surface area (Å²) in [6.07, 6.45) is 0.409. The monoisotopic (exact) mass is 418 g/mol. The van der Waals surface area contributed by atoms with E-state index in [2.05, 4.69) is 5.32 Å². The van der Waals surface area contributed by atoms with E-state index in [0.29, 0.717) is 24.3 Å². The molecule has 8 heteroatoms. The smallest absolute Gasteiger partial charge is 0.245 e. The summed E-state index contributed by atoms with van der Waals surface area (Å²) in [4.78, 5) is 12.8. The third-order valence-electron chi connectivity index (χ3n) is 5.51. The molecule has 1 amide bonds. The molecule has 1 saturated carbocycles. The number of sulfone groups is 1. The second-order valence-corrected chi connectivity index (χ2v) is 10.4. The lowest BCUT2D eigenvalue weighted by Gasteiger charge is -2.57. The number of rotatable bonds is 7. The van der Waals surface area contributed by atoms with Crippen molar-refractivity contribution in [3.8, 4) is 0 Å². The molecule has 0 saturated heterocycles. The number of nitrogens with two attached hydrogens (primary N) is 1. The van der Waals surface area contributed by atoms with Gasteiger partial charge >= 0.3 is 0 Å². The van der Waals surface area contributed by atoms with Gasteiger partial charge in [0, 0.05) is 24.1 Å². The zero-order valence-corrected chi connectivity index (χ0v) is 18.2. The molecule has 0 heterocycles. The summed E-state index contributed by atoms with van der Waals surface area (Å²) in [5, 5.41) is 2.40. The molecule has 1 aromatic carbocycles. The van der Waals surface area contributed by atoms with Gasteiger partial charge in [0.25, 0.3) is 0 Å². The third-order valence-corrected chi connectivity index (χ3v) is 7.68. The van der Waals surface area contributed by atoms with Crippen molar-refractivity contribution in [1.29, 1.82) is 0 Å². The van der Waals surface area contributed by atoms with E-state index < -0.39 is 26.0 Å². The van der Waals surface area contributed by atoms with Crippen molar-refractivity contribution in [2.75, 3.05) is 11.9 Å². The Morgan fingerprint density at radius 1 is 1.37 bits per heavy atom. The molecule has 0 aliphatic heterocycles. The fraction of sp³-hybridized carbons (Fsp3) is 0.632. The molecule has 0 spiro atoms.